The Bertz CT molecular complexity index is 128. The molecule has 1 N–H and O–H groups in total. The van der Waals surface area contributed by atoms with E-state index < -0.39 is 0 Å². The van der Waals surface area contributed by atoms with Crippen molar-refractivity contribution >= 4 is 5.91 Å². The van der Waals surface area contributed by atoms with E-state index in [4.69, 9.17) is 9.47 Å². The molecule has 0 atom stereocenters. The van der Waals surface area contributed by atoms with Gasteiger partial charge in [0.1, 0.15) is 0 Å². The Morgan fingerprint density at radius 3 is 2.69 bits per heavy atom. The maximum Gasteiger partial charge on any atom is 0.220 e. The minimum Gasteiger partial charge on any atom is -0.382 e. The largest absolute Gasteiger partial charge is 0.382 e. The number of carbonyl (C=O) groups excluding carboxylic acids is 1. The highest BCUT2D eigenvalue weighted by Crippen LogP contribution is 1.84. The SMILES string of the molecule is CCCC(=O)NCCOCCOC. The number of rotatable bonds is 8. The standard InChI is InChI=1S/C9H19NO3/c1-3-4-9(11)10-5-6-13-8-7-12-2/h3-8H2,1-2H3,(H,10,11). The zero-order chi connectivity index (χ0) is 9.94. The lowest BCUT2D eigenvalue weighted by Crippen LogP contribution is -2.27. The third kappa shape index (κ3) is 9.30. The monoisotopic (exact) mass is 189 g/mol. The normalized spacial score (nSPS) is 10.0. The first-order chi connectivity index (χ1) is 6.31. The van der Waals surface area contributed by atoms with E-state index in [-0.39, 0.29) is 5.91 Å². The number of nitrogens with one attached hydrogen (secondary N) is 1. The van der Waals surface area contributed by atoms with Crippen LogP contribution in [-0.2, 0) is 14.3 Å². The molecule has 0 aliphatic heterocycles. The van der Waals surface area contributed by atoms with E-state index in [1.807, 2.05) is 6.92 Å². The van der Waals surface area contributed by atoms with Crippen LogP contribution < -0.4 is 5.32 Å². The van der Waals surface area contributed by atoms with E-state index in [2.05, 4.69) is 5.32 Å². The Labute approximate surface area is 79.6 Å². The van der Waals surface area contributed by atoms with E-state index in [1.54, 1.807) is 7.11 Å². The van der Waals surface area contributed by atoms with Gasteiger partial charge in [-0.05, 0) is 6.42 Å². The quantitative estimate of drug-likeness (QED) is 0.568. The van der Waals surface area contributed by atoms with Crippen molar-refractivity contribution in [2.75, 3.05) is 33.5 Å². The molecule has 4 nitrogen and oxygen atoms in total. The second-order valence-corrected chi connectivity index (χ2v) is 2.71. The van der Waals surface area contributed by atoms with Crippen molar-refractivity contribution in [3.8, 4) is 0 Å². The smallest absolute Gasteiger partial charge is 0.220 e. The summed E-state index contributed by atoms with van der Waals surface area (Å²) in [6.45, 7) is 4.30. The molecule has 78 valence electrons. The fourth-order valence-electron chi connectivity index (χ4n) is 0.822. The lowest BCUT2D eigenvalue weighted by atomic mass is 10.3. The van der Waals surface area contributed by atoms with Crippen molar-refractivity contribution in [2.24, 2.45) is 0 Å². The first-order valence-corrected chi connectivity index (χ1v) is 4.64. The molecular formula is C9H19NO3. The Balaban J connectivity index is 3.02. The van der Waals surface area contributed by atoms with Gasteiger partial charge in [-0.15, -0.1) is 0 Å². The molecule has 0 saturated carbocycles. The van der Waals surface area contributed by atoms with Gasteiger partial charge in [0.05, 0.1) is 19.8 Å². The summed E-state index contributed by atoms with van der Waals surface area (Å²) in [6.07, 6.45) is 1.48. The third-order valence-corrected chi connectivity index (χ3v) is 1.48. The van der Waals surface area contributed by atoms with Gasteiger partial charge in [0, 0.05) is 20.1 Å². The maximum absolute atomic E-state index is 10.9. The number of hydrogen-bond donors (Lipinski definition) is 1. The van der Waals surface area contributed by atoms with Crippen LogP contribution in [0.25, 0.3) is 0 Å². The zero-order valence-corrected chi connectivity index (χ0v) is 8.47. The molecule has 0 fully saturated rings. The molecule has 0 aliphatic carbocycles. The first kappa shape index (κ1) is 12.4. The average molecular weight is 189 g/mol. The van der Waals surface area contributed by atoms with Gasteiger partial charge in [-0.25, -0.2) is 0 Å². The van der Waals surface area contributed by atoms with Crippen LogP contribution >= 0.6 is 0 Å². The topological polar surface area (TPSA) is 47.6 Å². The molecule has 0 spiro atoms. The molecule has 0 aromatic carbocycles. The van der Waals surface area contributed by atoms with Crippen molar-refractivity contribution < 1.29 is 14.3 Å². The minimum atomic E-state index is 0.0952. The molecule has 4 heteroatoms. The predicted octanol–water partition coefficient (Wildman–Crippen LogP) is 0.566. The van der Waals surface area contributed by atoms with Crippen molar-refractivity contribution in [3.05, 3.63) is 0 Å². The Hall–Kier alpha value is -0.610. The van der Waals surface area contributed by atoms with Crippen molar-refractivity contribution in [1.29, 1.82) is 0 Å². The lowest BCUT2D eigenvalue weighted by molar-refractivity contribution is -0.121. The van der Waals surface area contributed by atoms with Crippen LogP contribution in [0.1, 0.15) is 19.8 Å². The highest BCUT2D eigenvalue weighted by atomic mass is 16.5. The minimum absolute atomic E-state index is 0.0952. The van der Waals surface area contributed by atoms with Crippen molar-refractivity contribution in [1.82, 2.24) is 5.32 Å². The molecule has 0 aromatic rings. The fourth-order valence-corrected chi connectivity index (χ4v) is 0.822. The van der Waals surface area contributed by atoms with Crippen molar-refractivity contribution in [2.45, 2.75) is 19.8 Å². The van der Waals surface area contributed by atoms with E-state index >= 15 is 0 Å². The van der Waals surface area contributed by atoms with E-state index in [9.17, 15) is 4.79 Å². The molecule has 1 amide bonds. The van der Waals surface area contributed by atoms with Crippen LogP contribution in [0.4, 0.5) is 0 Å². The molecule has 0 unspecified atom stereocenters. The highest BCUT2D eigenvalue weighted by molar-refractivity contribution is 5.75. The lowest BCUT2D eigenvalue weighted by Gasteiger charge is -2.04. The Morgan fingerprint density at radius 1 is 1.31 bits per heavy atom. The first-order valence-electron chi connectivity index (χ1n) is 4.64. The molecule has 0 aliphatic rings. The summed E-state index contributed by atoms with van der Waals surface area (Å²) in [6, 6.07) is 0. The molecular weight excluding hydrogens is 170 g/mol. The number of hydrogen-bond acceptors (Lipinski definition) is 3. The molecule has 0 heterocycles. The number of amides is 1. The van der Waals surface area contributed by atoms with Gasteiger partial charge in [-0.1, -0.05) is 6.92 Å². The van der Waals surface area contributed by atoms with E-state index in [0.29, 0.717) is 32.8 Å². The summed E-state index contributed by atoms with van der Waals surface area (Å²) >= 11 is 0. The molecule has 0 rings (SSSR count). The van der Waals surface area contributed by atoms with Crippen LogP contribution in [0.5, 0.6) is 0 Å². The molecule has 13 heavy (non-hydrogen) atoms. The number of carbonyl (C=O) groups is 1. The van der Waals surface area contributed by atoms with Gasteiger partial charge in [0.2, 0.25) is 5.91 Å². The van der Waals surface area contributed by atoms with Crippen LogP contribution in [0.15, 0.2) is 0 Å². The average Bonchev–Trinajstić information content (AvgIpc) is 2.11. The van der Waals surface area contributed by atoms with Gasteiger partial charge >= 0.3 is 0 Å². The molecule has 0 radical (unpaired) electrons. The summed E-state index contributed by atoms with van der Waals surface area (Å²) in [4.78, 5) is 10.9. The Morgan fingerprint density at radius 2 is 2.08 bits per heavy atom. The second kappa shape index (κ2) is 9.48. The van der Waals surface area contributed by atoms with Gasteiger partial charge in [0.15, 0.2) is 0 Å². The molecule has 0 bridgehead atoms. The van der Waals surface area contributed by atoms with Crippen LogP contribution in [0.3, 0.4) is 0 Å². The number of ether oxygens (including phenoxy) is 2. The summed E-state index contributed by atoms with van der Waals surface area (Å²) in [5.74, 6) is 0.0952. The third-order valence-electron chi connectivity index (χ3n) is 1.48. The highest BCUT2D eigenvalue weighted by Gasteiger charge is 1.96. The van der Waals surface area contributed by atoms with Gasteiger partial charge < -0.3 is 14.8 Å². The van der Waals surface area contributed by atoms with Crippen LogP contribution in [0, 0.1) is 0 Å². The summed E-state index contributed by atoms with van der Waals surface area (Å²) in [5, 5.41) is 2.76. The summed E-state index contributed by atoms with van der Waals surface area (Å²) in [5.41, 5.74) is 0. The second-order valence-electron chi connectivity index (χ2n) is 2.71. The van der Waals surface area contributed by atoms with Crippen molar-refractivity contribution in [3.63, 3.8) is 0 Å². The van der Waals surface area contributed by atoms with E-state index in [1.165, 1.54) is 0 Å². The summed E-state index contributed by atoms with van der Waals surface area (Å²) in [7, 11) is 1.63. The van der Waals surface area contributed by atoms with Crippen LogP contribution in [-0.4, -0.2) is 39.4 Å². The van der Waals surface area contributed by atoms with Gasteiger partial charge in [0.25, 0.3) is 0 Å². The van der Waals surface area contributed by atoms with E-state index in [0.717, 1.165) is 6.42 Å². The maximum atomic E-state index is 10.9. The number of methoxy groups -OCH3 is 1. The zero-order valence-electron chi connectivity index (χ0n) is 8.47. The predicted molar refractivity (Wildman–Crippen MR) is 50.6 cm³/mol. The molecule has 0 aromatic heterocycles. The fraction of sp³-hybridized carbons (Fsp3) is 0.889. The van der Waals surface area contributed by atoms with Gasteiger partial charge in [-0.3, -0.25) is 4.79 Å². The Kier molecular flexibility index (Phi) is 9.03. The molecule has 0 saturated heterocycles. The van der Waals surface area contributed by atoms with Gasteiger partial charge in [-0.2, -0.15) is 0 Å². The van der Waals surface area contributed by atoms with Crippen LogP contribution in [0.2, 0.25) is 0 Å². The summed E-state index contributed by atoms with van der Waals surface area (Å²) < 4.78 is 9.96.